The minimum atomic E-state index is 0.108. The van der Waals surface area contributed by atoms with E-state index < -0.39 is 0 Å². The summed E-state index contributed by atoms with van der Waals surface area (Å²) in [6.45, 7) is 10.6. The van der Waals surface area contributed by atoms with Gasteiger partial charge in [0.05, 0.1) is 11.7 Å². The molecule has 0 aliphatic carbocycles. The summed E-state index contributed by atoms with van der Waals surface area (Å²) >= 11 is 6.24. The van der Waals surface area contributed by atoms with Gasteiger partial charge in [0, 0.05) is 43.3 Å². The lowest BCUT2D eigenvalue weighted by atomic mass is 10.1. The molecule has 6 heteroatoms. The SMILES string of the molecule is CC(C)c1nc2c(N3CCNCC3)ccnc2n1[C@H](C)c1cccc(Cl)c1. The zero-order chi connectivity index (χ0) is 19.0. The third-order valence-electron chi connectivity index (χ3n) is 5.28. The van der Waals surface area contributed by atoms with Gasteiger partial charge in [-0.25, -0.2) is 9.97 Å². The number of imidazole rings is 1. The summed E-state index contributed by atoms with van der Waals surface area (Å²) in [5.41, 5.74) is 4.29. The van der Waals surface area contributed by atoms with E-state index in [2.05, 4.69) is 47.7 Å². The molecule has 1 aliphatic heterocycles. The Labute approximate surface area is 165 Å². The van der Waals surface area contributed by atoms with Crippen molar-refractivity contribution in [3.8, 4) is 0 Å². The van der Waals surface area contributed by atoms with Crippen LogP contribution in [0.4, 0.5) is 5.69 Å². The molecule has 3 aromatic rings. The fourth-order valence-corrected chi connectivity index (χ4v) is 4.06. The molecular formula is C21H26ClN5. The zero-order valence-electron chi connectivity index (χ0n) is 16.1. The van der Waals surface area contributed by atoms with Crippen LogP contribution in [0.25, 0.3) is 11.2 Å². The predicted octanol–water partition coefficient (Wildman–Crippen LogP) is 4.23. The summed E-state index contributed by atoms with van der Waals surface area (Å²) in [5, 5.41) is 4.17. The van der Waals surface area contributed by atoms with Crippen molar-refractivity contribution in [2.24, 2.45) is 0 Å². The Morgan fingerprint density at radius 2 is 1.89 bits per heavy atom. The number of piperazine rings is 1. The largest absolute Gasteiger partial charge is 0.367 e. The van der Waals surface area contributed by atoms with Crippen LogP contribution in [0.5, 0.6) is 0 Å². The third kappa shape index (κ3) is 3.42. The monoisotopic (exact) mass is 383 g/mol. The van der Waals surface area contributed by atoms with Gasteiger partial charge in [-0.2, -0.15) is 0 Å². The van der Waals surface area contributed by atoms with Crippen LogP contribution in [0.15, 0.2) is 36.5 Å². The fourth-order valence-electron chi connectivity index (χ4n) is 3.86. The number of halogens is 1. The van der Waals surface area contributed by atoms with Gasteiger partial charge in [-0.3, -0.25) is 0 Å². The van der Waals surface area contributed by atoms with Crippen molar-refractivity contribution in [2.45, 2.75) is 32.7 Å². The van der Waals surface area contributed by atoms with E-state index in [1.54, 1.807) is 0 Å². The van der Waals surface area contributed by atoms with Gasteiger partial charge >= 0.3 is 0 Å². The zero-order valence-corrected chi connectivity index (χ0v) is 16.9. The molecule has 142 valence electrons. The number of aromatic nitrogens is 3. The van der Waals surface area contributed by atoms with Crippen LogP contribution in [-0.2, 0) is 0 Å². The molecule has 1 fully saturated rings. The van der Waals surface area contributed by atoms with Crippen LogP contribution in [0.3, 0.4) is 0 Å². The number of anilines is 1. The van der Waals surface area contributed by atoms with Crippen molar-refractivity contribution in [3.05, 3.63) is 52.9 Å². The van der Waals surface area contributed by atoms with Crippen LogP contribution in [0.1, 0.15) is 44.1 Å². The molecule has 5 nitrogen and oxygen atoms in total. The second-order valence-corrected chi connectivity index (χ2v) is 7.90. The lowest BCUT2D eigenvalue weighted by Crippen LogP contribution is -2.43. The molecule has 27 heavy (non-hydrogen) atoms. The van der Waals surface area contributed by atoms with Crippen LogP contribution < -0.4 is 10.2 Å². The van der Waals surface area contributed by atoms with Crippen molar-refractivity contribution in [3.63, 3.8) is 0 Å². The Bertz CT molecular complexity index is 943. The van der Waals surface area contributed by atoms with Gasteiger partial charge in [-0.1, -0.05) is 37.6 Å². The number of hydrogen-bond acceptors (Lipinski definition) is 4. The van der Waals surface area contributed by atoms with Crippen molar-refractivity contribution in [1.29, 1.82) is 0 Å². The fraction of sp³-hybridized carbons (Fsp3) is 0.429. The van der Waals surface area contributed by atoms with Gasteiger partial charge in [0.25, 0.3) is 0 Å². The molecule has 0 unspecified atom stereocenters. The maximum atomic E-state index is 6.24. The number of fused-ring (bicyclic) bond motifs is 1. The highest BCUT2D eigenvalue weighted by Crippen LogP contribution is 2.33. The van der Waals surface area contributed by atoms with Crippen molar-refractivity contribution in [1.82, 2.24) is 19.9 Å². The Morgan fingerprint density at radius 1 is 1.11 bits per heavy atom. The average Bonchev–Trinajstić information content (AvgIpc) is 3.08. The van der Waals surface area contributed by atoms with E-state index in [0.29, 0.717) is 5.92 Å². The lowest BCUT2D eigenvalue weighted by molar-refractivity contribution is 0.589. The van der Waals surface area contributed by atoms with Crippen LogP contribution in [0, 0.1) is 0 Å². The van der Waals surface area contributed by atoms with Crippen molar-refractivity contribution >= 4 is 28.5 Å². The summed E-state index contributed by atoms with van der Waals surface area (Å²) in [6.07, 6.45) is 1.91. The number of nitrogens with one attached hydrogen (secondary N) is 1. The molecule has 0 bridgehead atoms. The van der Waals surface area contributed by atoms with E-state index in [0.717, 1.165) is 53.8 Å². The summed E-state index contributed by atoms with van der Waals surface area (Å²) in [7, 11) is 0. The number of nitrogens with zero attached hydrogens (tertiary/aromatic N) is 4. The Hall–Kier alpha value is -2.11. The number of rotatable bonds is 4. The van der Waals surface area contributed by atoms with Crippen LogP contribution in [-0.4, -0.2) is 40.7 Å². The number of benzene rings is 1. The standard InChI is InChI=1S/C21H26ClN5/c1-14(2)20-25-19-18(26-11-9-23-10-12-26)7-8-24-21(19)27(20)15(3)16-5-4-6-17(22)13-16/h4-8,13-15,23H,9-12H2,1-3H3/t15-/m1/s1. The molecule has 2 aromatic heterocycles. The van der Waals surface area contributed by atoms with Gasteiger partial charge < -0.3 is 14.8 Å². The summed E-state index contributed by atoms with van der Waals surface area (Å²) in [5.74, 6) is 1.37. The maximum Gasteiger partial charge on any atom is 0.162 e. The molecule has 0 saturated carbocycles. The van der Waals surface area contributed by atoms with Gasteiger partial charge in [-0.15, -0.1) is 0 Å². The number of hydrogen-bond donors (Lipinski definition) is 1. The van der Waals surface area contributed by atoms with Crippen LogP contribution in [0.2, 0.25) is 5.02 Å². The van der Waals surface area contributed by atoms with E-state index in [9.17, 15) is 0 Å². The first-order valence-corrected chi connectivity index (χ1v) is 10.0. The minimum Gasteiger partial charge on any atom is -0.367 e. The molecule has 3 heterocycles. The maximum absolute atomic E-state index is 6.24. The summed E-state index contributed by atoms with van der Waals surface area (Å²) in [4.78, 5) is 12.2. The molecule has 1 atom stereocenters. The highest BCUT2D eigenvalue weighted by Gasteiger charge is 2.24. The van der Waals surface area contributed by atoms with Gasteiger partial charge in [0.2, 0.25) is 0 Å². The summed E-state index contributed by atoms with van der Waals surface area (Å²) in [6, 6.07) is 10.3. The molecule has 1 saturated heterocycles. The molecule has 1 aliphatic rings. The van der Waals surface area contributed by atoms with Crippen molar-refractivity contribution < 1.29 is 0 Å². The molecule has 1 N–H and O–H groups in total. The van der Waals surface area contributed by atoms with Gasteiger partial charge in [0.15, 0.2) is 5.65 Å². The molecule has 0 spiro atoms. The summed E-state index contributed by atoms with van der Waals surface area (Å²) < 4.78 is 2.28. The normalized spacial score (nSPS) is 16.3. The highest BCUT2D eigenvalue weighted by atomic mass is 35.5. The van der Waals surface area contributed by atoms with E-state index in [1.807, 2.05) is 24.4 Å². The van der Waals surface area contributed by atoms with Crippen LogP contribution >= 0.6 is 11.6 Å². The molecule has 0 radical (unpaired) electrons. The highest BCUT2D eigenvalue weighted by molar-refractivity contribution is 6.30. The topological polar surface area (TPSA) is 46.0 Å². The lowest BCUT2D eigenvalue weighted by Gasteiger charge is -2.29. The second-order valence-electron chi connectivity index (χ2n) is 7.47. The minimum absolute atomic E-state index is 0.108. The Morgan fingerprint density at radius 3 is 2.59 bits per heavy atom. The number of pyridine rings is 1. The van der Waals surface area contributed by atoms with Gasteiger partial charge in [-0.05, 0) is 30.7 Å². The second kappa shape index (κ2) is 7.49. The molecule has 1 aromatic carbocycles. The molecule has 4 rings (SSSR count). The van der Waals surface area contributed by atoms with E-state index >= 15 is 0 Å². The van der Waals surface area contributed by atoms with E-state index in [4.69, 9.17) is 21.6 Å². The molecular weight excluding hydrogens is 358 g/mol. The van der Waals surface area contributed by atoms with E-state index in [-0.39, 0.29) is 6.04 Å². The van der Waals surface area contributed by atoms with Gasteiger partial charge in [0.1, 0.15) is 11.3 Å². The molecule has 0 amide bonds. The quantitative estimate of drug-likeness (QED) is 0.732. The Kier molecular flexibility index (Phi) is 5.06. The van der Waals surface area contributed by atoms with Crippen molar-refractivity contribution in [2.75, 3.05) is 31.1 Å². The van der Waals surface area contributed by atoms with E-state index in [1.165, 1.54) is 5.69 Å². The first-order valence-electron chi connectivity index (χ1n) is 9.64. The Balaban J connectivity index is 1.87. The third-order valence-corrected chi connectivity index (χ3v) is 5.51. The average molecular weight is 384 g/mol. The first kappa shape index (κ1) is 18.3. The predicted molar refractivity (Wildman–Crippen MR) is 112 cm³/mol. The smallest absolute Gasteiger partial charge is 0.162 e. The first-order chi connectivity index (χ1) is 13.1.